The molecule has 1 aromatic heterocycles. The van der Waals surface area contributed by atoms with E-state index in [2.05, 4.69) is 5.32 Å². The third kappa shape index (κ3) is 3.74. The van der Waals surface area contributed by atoms with E-state index >= 15 is 0 Å². The largest absolute Gasteiger partial charge is 0.491 e. The highest BCUT2D eigenvalue weighted by Crippen LogP contribution is 2.24. The first-order valence-electron chi connectivity index (χ1n) is 8.15. The van der Waals surface area contributed by atoms with Gasteiger partial charge in [-0.2, -0.15) is 0 Å². The molecule has 1 amide bonds. The second kappa shape index (κ2) is 7.00. The van der Waals surface area contributed by atoms with Gasteiger partial charge in [0.05, 0.1) is 11.7 Å². The molecule has 1 heterocycles. The average molecular weight is 355 g/mol. The van der Waals surface area contributed by atoms with Crippen LogP contribution in [-0.2, 0) is 0 Å². The fraction of sp³-hybridized carbons (Fsp3) is 0.200. The van der Waals surface area contributed by atoms with E-state index in [1.165, 1.54) is 6.07 Å². The van der Waals surface area contributed by atoms with Gasteiger partial charge in [0.15, 0.2) is 0 Å². The number of rotatable bonds is 4. The molecule has 0 saturated carbocycles. The first kappa shape index (κ1) is 17.7. The Morgan fingerprint density at radius 3 is 2.62 bits per heavy atom. The summed E-state index contributed by atoms with van der Waals surface area (Å²) < 4.78 is 24.4. The van der Waals surface area contributed by atoms with Crippen molar-refractivity contribution in [3.8, 4) is 5.75 Å². The van der Waals surface area contributed by atoms with Crippen molar-refractivity contribution in [1.29, 1.82) is 0 Å². The zero-order valence-electron chi connectivity index (χ0n) is 14.6. The van der Waals surface area contributed by atoms with E-state index in [1.54, 1.807) is 37.3 Å². The predicted octanol–water partition coefficient (Wildman–Crippen LogP) is 4.28. The number of nitrogens with one attached hydrogen (secondary N) is 1. The molecule has 0 saturated heterocycles. The van der Waals surface area contributed by atoms with Crippen molar-refractivity contribution in [2.24, 2.45) is 0 Å². The topological polar surface area (TPSA) is 68.5 Å². The number of hydrogen-bond acceptors (Lipinski definition) is 4. The van der Waals surface area contributed by atoms with Crippen molar-refractivity contribution < 1.29 is 18.3 Å². The minimum Gasteiger partial charge on any atom is -0.491 e. The molecular weight excluding hydrogens is 337 g/mol. The number of amides is 1. The van der Waals surface area contributed by atoms with Crippen LogP contribution in [0.4, 0.5) is 10.1 Å². The van der Waals surface area contributed by atoms with Crippen molar-refractivity contribution in [2.75, 3.05) is 5.32 Å². The lowest BCUT2D eigenvalue weighted by Crippen LogP contribution is -2.15. The maximum absolute atomic E-state index is 13.7. The quantitative estimate of drug-likeness (QED) is 0.709. The molecule has 2 aromatic carbocycles. The van der Waals surface area contributed by atoms with Crippen LogP contribution in [0, 0.1) is 12.7 Å². The Hall–Kier alpha value is -3.15. The molecule has 0 fully saturated rings. The molecule has 134 valence electrons. The number of carbonyl (C=O) groups is 1. The molecule has 26 heavy (non-hydrogen) atoms. The van der Waals surface area contributed by atoms with Crippen molar-refractivity contribution in [3.05, 3.63) is 69.8 Å². The Balaban J connectivity index is 1.99. The minimum absolute atomic E-state index is 0.0397. The van der Waals surface area contributed by atoms with Gasteiger partial charge in [0.2, 0.25) is 0 Å². The normalized spacial score (nSPS) is 11.0. The Labute approximate surface area is 149 Å². The van der Waals surface area contributed by atoms with Crippen LogP contribution in [0.5, 0.6) is 5.75 Å². The van der Waals surface area contributed by atoms with E-state index < -0.39 is 17.3 Å². The molecule has 3 aromatic rings. The van der Waals surface area contributed by atoms with E-state index in [4.69, 9.17) is 9.15 Å². The van der Waals surface area contributed by atoms with Gasteiger partial charge in [-0.15, -0.1) is 0 Å². The first-order chi connectivity index (χ1) is 12.3. The molecule has 1 N–H and O–H groups in total. The summed E-state index contributed by atoms with van der Waals surface area (Å²) in [5, 5.41) is 3.07. The van der Waals surface area contributed by atoms with Crippen molar-refractivity contribution >= 4 is 22.6 Å². The van der Waals surface area contributed by atoms with Gasteiger partial charge in [0, 0.05) is 23.2 Å². The van der Waals surface area contributed by atoms with E-state index in [0.717, 1.165) is 6.07 Å². The van der Waals surface area contributed by atoms with E-state index in [1.807, 2.05) is 13.8 Å². The summed E-state index contributed by atoms with van der Waals surface area (Å²) in [7, 11) is 0. The van der Waals surface area contributed by atoms with Gasteiger partial charge in [-0.1, -0.05) is 6.07 Å². The number of halogens is 1. The van der Waals surface area contributed by atoms with Crippen molar-refractivity contribution in [2.45, 2.75) is 26.9 Å². The standard InChI is InChI=1S/C20H18FNO4/c1-11(2)25-14-6-7-15-16(10-19(23)26-18(15)9-14)20(24)22-13-5-4-12(3)17(21)8-13/h4-11H,1-3H3,(H,22,24). The highest BCUT2D eigenvalue weighted by atomic mass is 19.1. The smallest absolute Gasteiger partial charge is 0.337 e. The van der Waals surface area contributed by atoms with Crippen LogP contribution in [0.2, 0.25) is 0 Å². The Morgan fingerprint density at radius 2 is 1.92 bits per heavy atom. The molecule has 0 aliphatic carbocycles. The number of ether oxygens (including phenoxy) is 1. The van der Waals surface area contributed by atoms with Gasteiger partial charge < -0.3 is 14.5 Å². The highest BCUT2D eigenvalue weighted by molar-refractivity contribution is 6.12. The maximum atomic E-state index is 13.7. The molecule has 0 radical (unpaired) electrons. The van der Waals surface area contributed by atoms with Gasteiger partial charge in [-0.3, -0.25) is 4.79 Å². The van der Waals surface area contributed by atoms with Gasteiger partial charge in [-0.05, 0) is 50.6 Å². The fourth-order valence-electron chi connectivity index (χ4n) is 2.55. The Morgan fingerprint density at radius 1 is 1.15 bits per heavy atom. The highest BCUT2D eigenvalue weighted by Gasteiger charge is 2.15. The van der Waals surface area contributed by atoms with Crippen LogP contribution < -0.4 is 15.7 Å². The summed E-state index contributed by atoms with van der Waals surface area (Å²) >= 11 is 0. The number of anilines is 1. The summed E-state index contributed by atoms with van der Waals surface area (Å²) in [4.78, 5) is 24.4. The lowest BCUT2D eigenvalue weighted by atomic mass is 10.1. The van der Waals surface area contributed by atoms with Crippen LogP contribution >= 0.6 is 0 Å². The lowest BCUT2D eigenvalue weighted by Gasteiger charge is -2.11. The van der Waals surface area contributed by atoms with Crippen LogP contribution in [0.25, 0.3) is 11.0 Å². The summed E-state index contributed by atoms with van der Waals surface area (Å²) in [5.74, 6) is -0.409. The molecular formula is C20H18FNO4. The van der Waals surface area contributed by atoms with Crippen LogP contribution in [0.1, 0.15) is 29.8 Å². The summed E-state index contributed by atoms with van der Waals surface area (Å²) in [6.45, 7) is 5.39. The maximum Gasteiger partial charge on any atom is 0.337 e. The molecule has 6 heteroatoms. The third-order valence-electron chi connectivity index (χ3n) is 3.76. The number of carbonyl (C=O) groups excluding carboxylic acids is 1. The predicted molar refractivity (Wildman–Crippen MR) is 97.3 cm³/mol. The summed E-state index contributed by atoms with van der Waals surface area (Å²) in [5.41, 5.74) is 0.523. The molecule has 3 rings (SSSR count). The first-order valence-corrected chi connectivity index (χ1v) is 8.15. The Kier molecular flexibility index (Phi) is 4.75. The van der Waals surface area contributed by atoms with Crippen LogP contribution in [0.3, 0.4) is 0 Å². The monoisotopic (exact) mass is 355 g/mol. The third-order valence-corrected chi connectivity index (χ3v) is 3.76. The summed E-state index contributed by atoms with van der Waals surface area (Å²) in [6, 6.07) is 10.4. The molecule has 0 aliphatic rings. The average Bonchev–Trinajstić information content (AvgIpc) is 2.56. The van der Waals surface area contributed by atoms with Crippen molar-refractivity contribution in [1.82, 2.24) is 0 Å². The second-order valence-corrected chi connectivity index (χ2v) is 6.22. The number of benzene rings is 2. The van der Waals surface area contributed by atoms with Gasteiger partial charge in [0.25, 0.3) is 5.91 Å². The van der Waals surface area contributed by atoms with Gasteiger partial charge >= 0.3 is 5.63 Å². The fourth-order valence-corrected chi connectivity index (χ4v) is 2.55. The van der Waals surface area contributed by atoms with E-state index in [9.17, 15) is 14.0 Å². The number of fused-ring (bicyclic) bond motifs is 1. The van der Waals surface area contributed by atoms with E-state index in [-0.39, 0.29) is 17.3 Å². The van der Waals surface area contributed by atoms with E-state index in [0.29, 0.717) is 22.4 Å². The zero-order valence-corrected chi connectivity index (χ0v) is 14.6. The number of aryl methyl sites for hydroxylation is 1. The van der Waals surface area contributed by atoms with Gasteiger partial charge in [-0.25, -0.2) is 9.18 Å². The molecule has 0 atom stereocenters. The van der Waals surface area contributed by atoms with Gasteiger partial charge in [0.1, 0.15) is 17.1 Å². The Bertz CT molecular complexity index is 1040. The molecule has 0 spiro atoms. The van der Waals surface area contributed by atoms with Crippen LogP contribution in [0.15, 0.2) is 51.7 Å². The minimum atomic E-state index is -0.653. The molecule has 0 unspecified atom stereocenters. The van der Waals surface area contributed by atoms with Crippen LogP contribution in [-0.4, -0.2) is 12.0 Å². The lowest BCUT2D eigenvalue weighted by molar-refractivity contribution is 0.102. The molecule has 5 nitrogen and oxygen atoms in total. The molecule has 0 aliphatic heterocycles. The molecule has 0 bridgehead atoms. The second-order valence-electron chi connectivity index (χ2n) is 6.22. The zero-order chi connectivity index (χ0) is 18.8. The number of hydrogen-bond donors (Lipinski definition) is 1. The SMILES string of the molecule is Cc1ccc(NC(=O)c2cc(=O)oc3cc(OC(C)C)ccc23)cc1F. The van der Waals surface area contributed by atoms with Crippen molar-refractivity contribution in [3.63, 3.8) is 0 Å². The summed E-state index contributed by atoms with van der Waals surface area (Å²) in [6.07, 6.45) is -0.0397.